The molecular weight excluding hydrogens is 258 g/mol. The SMILES string of the molecule is N#Cc1cccc(Sc2nnc3ccccn23)c1N. The fraction of sp³-hybridized carbons (Fsp3) is 0. The first-order valence-corrected chi connectivity index (χ1v) is 6.37. The summed E-state index contributed by atoms with van der Waals surface area (Å²) in [5.74, 6) is 0. The minimum absolute atomic E-state index is 0.471. The minimum atomic E-state index is 0.471. The second kappa shape index (κ2) is 4.63. The number of nitriles is 1. The quantitative estimate of drug-likeness (QED) is 0.721. The van der Waals surface area contributed by atoms with Crippen LogP contribution in [0.5, 0.6) is 0 Å². The van der Waals surface area contributed by atoms with Crippen LogP contribution in [0.25, 0.3) is 5.65 Å². The van der Waals surface area contributed by atoms with Crippen LogP contribution in [0.4, 0.5) is 5.69 Å². The largest absolute Gasteiger partial charge is 0.397 e. The first-order valence-electron chi connectivity index (χ1n) is 5.56. The van der Waals surface area contributed by atoms with Crippen molar-refractivity contribution < 1.29 is 0 Å². The number of nitrogens with two attached hydrogens (primary N) is 1. The van der Waals surface area contributed by atoms with E-state index in [0.29, 0.717) is 11.3 Å². The molecule has 0 saturated heterocycles. The first-order chi connectivity index (χ1) is 9.29. The van der Waals surface area contributed by atoms with E-state index in [9.17, 15) is 0 Å². The second-order valence-electron chi connectivity index (χ2n) is 3.84. The summed E-state index contributed by atoms with van der Waals surface area (Å²) in [7, 11) is 0. The monoisotopic (exact) mass is 267 g/mol. The van der Waals surface area contributed by atoms with Gasteiger partial charge in [-0.15, -0.1) is 10.2 Å². The van der Waals surface area contributed by atoms with E-state index in [0.717, 1.165) is 15.7 Å². The van der Waals surface area contributed by atoms with Crippen molar-refractivity contribution in [2.75, 3.05) is 5.73 Å². The third kappa shape index (κ3) is 2.00. The van der Waals surface area contributed by atoms with Crippen LogP contribution in [0.15, 0.2) is 52.6 Å². The molecule has 3 aromatic rings. The lowest BCUT2D eigenvalue weighted by atomic mass is 10.2. The molecule has 0 fully saturated rings. The zero-order valence-corrected chi connectivity index (χ0v) is 10.6. The molecule has 0 bridgehead atoms. The van der Waals surface area contributed by atoms with E-state index in [4.69, 9.17) is 11.0 Å². The van der Waals surface area contributed by atoms with Gasteiger partial charge in [-0.25, -0.2) is 0 Å². The van der Waals surface area contributed by atoms with E-state index in [1.54, 1.807) is 12.1 Å². The Morgan fingerprint density at radius 2 is 2.05 bits per heavy atom. The van der Waals surface area contributed by atoms with Crippen molar-refractivity contribution in [3.63, 3.8) is 0 Å². The van der Waals surface area contributed by atoms with Crippen LogP contribution in [0.2, 0.25) is 0 Å². The Balaban J connectivity index is 2.05. The van der Waals surface area contributed by atoms with Crippen molar-refractivity contribution in [2.45, 2.75) is 10.1 Å². The summed E-state index contributed by atoms with van der Waals surface area (Å²) in [5.41, 5.74) is 7.68. The molecule has 3 rings (SSSR count). The maximum Gasteiger partial charge on any atom is 0.200 e. The van der Waals surface area contributed by atoms with Gasteiger partial charge in [-0.3, -0.25) is 4.40 Å². The molecule has 0 aliphatic heterocycles. The summed E-state index contributed by atoms with van der Waals surface area (Å²) in [6.07, 6.45) is 1.89. The van der Waals surface area contributed by atoms with Crippen LogP contribution < -0.4 is 5.73 Å². The van der Waals surface area contributed by atoms with Gasteiger partial charge in [-0.05, 0) is 36.0 Å². The Kier molecular flexibility index (Phi) is 2.82. The van der Waals surface area contributed by atoms with Gasteiger partial charge in [0, 0.05) is 11.1 Å². The number of nitrogens with zero attached hydrogens (tertiary/aromatic N) is 4. The van der Waals surface area contributed by atoms with Crippen molar-refractivity contribution >= 4 is 23.1 Å². The van der Waals surface area contributed by atoms with E-state index >= 15 is 0 Å². The Morgan fingerprint density at radius 1 is 1.16 bits per heavy atom. The number of pyridine rings is 1. The lowest BCUT2D eigenvalue weighted by Gasteiger charge is -2.05. The number of nitrogen functional groups attached to an aromatic ring is 1. The molecule has 0 unspecified atom stereocenters. The van der Waals surface area contributed by atoms with Crippen LogP contribution in [0, 0.1) is 11.3 Å². The van der Waals surface area contributed by atoms with Crippen LogP contribution in [0.1, 0.15) is 5.56 Å². The molecule has 19 heavy (non-hydrogen) atoms. The summed E-state index contributed by atoms with van der Waals surface area (Å²) in [4.78, 5) is 0.803. The number of benzene rings is 1. The van der Waals surface area contributed by atoms with E-state index in [1.807, 2.05) is 34.9 Å². The summed E-state index contributed by atoms with van der Waals surface area (Å²) < 4.78 is 1.88. The zero-order chi connectivity index (χ0) is 13.2. The Bertz CT molecular complexity index is 787. The molecule has 0 spiro atoms. The average Bonchev–Trinajstić information content (AvgIpc) is 2.85. The summed E-state index contributed by atoms with van der Waals surface area (Å²) in [6.45, 7) is 0. The number of hydrogen-bond acceptors (Lipinski definition) is 5. The van der Waals surface area contributed by atoms with Crippen molar-refractivity contribution in [1.82, 2.24) is 14.6 Å². The van der Waals surface area contributed by atoms with E-state index in [-0.39, 0.29) is 0 Å². The molecule has 92 valence electrons. The Morgan fingerprint density at radius 3 is 2.89 bits per heavy atom. The van der Waals surface area contributed by atoms with Gasteiger partial charge < -0.3 is 5.73 Å². The lowest BCUT2D eigenvalue weighted by molar-refractivity contribution is 0.921. The van der Waals surface area contributed by atoms with E-state index in [1.165, 1.54) is 11.8 Å². The lowest BCUT2D eigenvalue weighted by Crippen LogP contribution is -1.94. The third-order valence-electron chi connectivity index (χ3n) is 2.67. The zero-order valence-electron chi connectivity index (χ0n) is 9.82. The van der Waals surface area contributed by atoms with E-state index in [2.05, 4.69) is 16.3 Å². The Labute approximate surface area is 113 Å². The van der Waals surface area contributed by atoms with Gasteiger partial charge in [-0.2, -0.15) is 5.26 Å². The van der Waals surface area contributed by atoms with Gasteiger partial charge in [0.25, 0.3) is 0 Å². The van der Waals surface area contributed by atoms with Crippen LogP contribution in [-0.2, 0) is 0 Å². The molecule has 0 aliphatic rings. The van der Waals surface area contributed by atoms with Crippen molar-refractivity contribution in [2.24, 2.45) is 0 Å². The highest BCUT2D eigenvalue weighted by molar-refractivity contribution is 7.99. The van der Waals surface area contributed by atoms with Gasteiger partial charge >= 0.3 is 0 Å². The predicted molar refractivity (Wildman–Crippen MR) is 72.7 cm³/mol. The summed E-state index contributed by atoms with van der Waals surface area (Å²) >= 11 is 1.39. The number of aromatic nitrogens is 3. The minimum Gasteiger partial charge on any atom is -0.397 e. The first kappa shape index (κ1) is 11.6. The fourth-order valence-electron chi connectivity index (χ4n) is 1.72. The molecule has 0 aliphatic carbocycles. The maximum atomic E-state index is 8.97. The highest BCUT2D eigenvalue weighted by Crippen LogP contribution is 2.32. The molecule has 0 amide bonds. The third-order valence-corrected chi connectivity index (χ3v) is 3.71. The van der Waals surface area contributed by atoms with Crippen LogP contribution in [0.3, 0.4) is 0 Å². The summed E-state index contributed by atoms with van der Waals surface area (Å²) in [5, 5.41) is 17.9. The van der Waals surface area contributed by atoms with Gasteiger partial charge in [0.2, 0.25) is 5.16 Å². The number of hydrogen-bond donors (Lipinski definition) is 1. The molecule has 2 N–H and O–H groups in total. The van der Waals surface area contributed by atoms with Gasteiger partial charge in [0.05, 0.1) is 11.3 Å². The molecule has 0 radical (unpaired) electrons. The van der Waals surface area contributed by atoms with E-state index < -0.39 is 0 Å². The van der Waals surface area contributed by atoms with Crippen LogP contribution >= 0.6 is 11.8 Å². The van der Waals surface area contributed by atoms with Gasteiger partial charge in [0.15, 0.2) is 5.65 Å². The standard InChI is InChI=1S/C13H9N5S/c14-8-9-4-3-5-10(12(9)15)19-13-17-16-11-6-1-2-7-18(11)13/h1-7H,15H2. The molecule has 0 saturated carbocycles. The molecule has 5 nitrogen and oxygen atoms in total. The van der Waals surface area contributed by atoms with Crippen LogP contribution in [-0.4, -0.2) is 14.6 Å². The smallest absolute Gasteiger partial charge is 0.200 e. The highest BCUT2D eigenvalue weighted by Gasteiger charge is 2.10. The maximum absolute atomic E-state index is 8.97. The fourth-order valence-corrected chi connectivity index (χ4v) is 2.62. The second-order valence-corrected chi connectivity index (χ2v) is 4.85. The van der Waals surface area contributed by atoms with Crippen molar-refractivity contribution in [1.29, 1.82) is 5.26 Å². The number of anilines is 1. The normalized spacial score (nSPS) is 10.5. The number of para-hydroxylation sites is 1. The van der Waals surface area contributed by atoms with Crippen molar-refractivity contribution in [3.05, 3.63) is 48.2 Å². The molecule has 1 aromatic carbocycles. The number of rotatable bonds is 2. The number of fused-ring (bicyclic) bond motifs is 1. The Hall–Kier alpha value is -2.52. The average molecular weight is 267 g/mol. The van der Waals surface area contributed by atoms with Gasteiger partial charge in [-0.1, -0.05) is 12.1 Å². The highest BCUT2D eigenvalue weighted by atomic mass is 32.2. The molecular formula is C13H9N5S. The molecule has 0 atom stereocenters. The molecule has 6 heteroatoms. The topological polar surface area (TPSA) is 80.0 Å². The molecule has 2 aromatic heterocycles. The molecule has 2 heterocycles. The van der Waals surface area contributed by atoms with Crippen molar-refractivity contribution in [3.8, 4) is 6.07 Å². The summed E-state index contributed by atoms with van der Waals surface area (Å²) in [6, 6.07) is 13.1. The predicted octanol–water partition coefficient (Wildman–Crippen LogP) is 2.33. The van der Waals surface area contributed by atoms with Gasteiger partial charge in [0.1, 0.15) is 6.07 Å².